The van der Waals surface area contributed by atoms with E-state index < -0.39 is 17.5 Å². The average Bonchev–Trinajstić information content (AvgIpc) is 2.57. The number of hydrogen-bond acceptors (Lipinski definition) is 4. The first-order valence-electron chi connectivity index (χ1n) is 4.87. The molecule has 5 nitrogen and oxygen atoms in total. The maximum Gasteiger partial charge on any atom is 0.161 e. The summed E-state index contributed by atoms with van der Waals surface area (Å²) in [6.45, 7) is 0. The Balaban J connectivity index is 2.51. The fourth-order valence-electron chi connectivity index (χ4n) is 2.09. The van der Waals surface area contributed by atoms with Crippen LogP contribution in [-0.2, 0) is 16.8 Å². The number of aromatic carboxylic acids is 1. The molecule has 84 valence electrons. The smallest absolute Gasteiger partial charge is 0.161 e. The summed E-state index contributed by atoms with van der Waals surface area (Å²) in [4.78, 5) is 21.6. The van der Waals surface area contributed by atoms with Crippen LogP contribution < -0.4 is 15.9 Å². The third-order valence-corrected chi connectivity index (χ3v) is 3.07. The Morgan fingerprint density at radius 2 is 2.00 bits per heavy atom. The van der Waals surface area contributed by atoms with Crippen LogP contribution in [0.25, 0.3) is 0 Å². The molecule has 0 fully saturated rings. The maximum absolute atomic E-state index is 11.0. The molecule has 0 aromatic heterocycles. The predicted octanol–water partition coefficient (Wildman–Crippen LogP) is -2.82. The highest BCUT2D eigenvalue weighted by molar-refractivity contribution is 5.87. The lowest BCUT2D eigenvalue weighted by molar-refractivity contribution is -0.494. The summed E-state index contributed by atoms with van der Waals surface area (Å²) in [5.41, 5.74) is 3.70. The number of rotatable bonds is 2. The van der Waals surface area contributed by atoms with Crippen LogP contribution in [0.2, 0.25) is 0 Å². The zero-order valence-electron chi connectivity index (χ0n) is 8.49. The van der Waals surface area contributed by atoms with Crippen molar-refractivity contribution in [3.05, 3.63) is 34.9 Å². The predicted molar refractivity (Wildman–Crippen MR) is 48.7 cm³/mol. The van der Waals surface area contributed by atoms with Gasteiger partial charge in [0, 0.05) is 12.0 Å². The zero-order valence-corrected chi connectivity index (χ0v) is 8.49. The molecular weight excluding hydrogens is 210 g/mol. The Morgan fingerprint density at radius 1 is 1.31 bits per heavy atom. The Morgan fingerprint density at radius 3 is 2.56 bits per heavy atom. The molecule has 1 aliphatic rings. The van der Waals surface area contributed by atoms with Crippen LogP contribution in [-0.4, -0.2) is 11.9 Å². The van der Waals surface area contributed by atoms with Crippen LogP contribution in [0.4, 0.5) is 0 Å². The van der Waals surface area contributed by atoms with Gasteiger partial charge in [0.25, 0.3) is 0 Å². The fourth-order valence-corrected chi connectivity index (χ4v) is 2.09. The second kappa shape index (κ2) is 3.31. The first-order valence-corrected chi connectivity index (χ1v) is 4.87. The molecule has 1 aromatic rings. The van der Waals surface area contributed by atoms with E-state index in [0.717, 1.165) is 0 Å². The van der Waals surface area contributed by atoms with Crippen molar-refractivity contribution in [1.82, 2.24) is 0 Å². The molecule has 0 radical (unpaired) electrons. The van der Waals surface area contributed by atoms with Crippen LogP contribution in [0.1, 0.15) is 27.9 Å². The number of carbonyl (C=O) groups is 2. The number of carboxylic acid groups (broad SMARTS) is 2. The van der Waals surface area contributed by atoms with Gasteiger partial charge in [0.05, 0.1) is 5.97 Å². The number of carboxylic acids is 2. The van der Waals surface area contributed by atoms with Gasteiger partial charge in [0.15, 0.2) is 5.54 Å². The summed E-state index contributed by atoms with van der Waals surface area (Å²) in [7, 11) is 0. The SMILES string of the molecule is [NH3+][C@]1(C(=O)[O-])CCc2cc(C(=O)[O-])ccc21. The Hall–Kier alpha value is -1.88. The summed E-state index contributed by atoms with van der Waals surface area (Å²) >= 11 is 0. The molecule has 0 saturated heterocycles. The van der Waals surface area contributed by atoms with Crippen LogP contribution in [0, 0.1) is 0 Å². The van der Waals surface area contributed by atoms with Gasteiger partial charge in [-0.1, -0.05) is 12.1 Å². The van der Waals surface area contributed by atoms with Gasteiger partial charge in [-0.05, 0) is 23.6 Å². The Bertz CT molecular complexity index is 483. The molecule has 0 bridgehead atoms. The number of hydrogen-bond donors (Lipinski definition) is 1. The summed E-state index contributed by atoms with van der Waals surface area (Å²) in [6, 6.07) is 4.26. The summed E-state index contributed by atoms with van der Waals surface area (Å²) < 4.78 is 0. The van der Waals surface area contributed by atoms with Crippen molar-refractivity contribution >= 4 is 11.9 Å². The molecule has 0 amide bonds. The van der Waals surface area contributed by atoms with Gasteiger partial charge < -0.3 is 25.5 Å². The van der Waals surface area contributed by atoms with Gasteiger partial charge in [0.2, 0.25) is 0 Å². The lowest BCUT2D eigenvalue weighted by Gasteiger charge is -2.22. The van der Waals surface area contributed by atoms with E-state index in [2.05, 4.69) is 5.73 Å². The monoisotopic (exact) mass is 220 g/mol. The quantitative estimate of drug-likeness (QED) is 0.580. The van der Waals surface area contributed by atoms with Gasteiger partial charge in [-0.3, -0.25) is 0 Å². The fraction of sp³-hybridized carbons (Fsp3) is 0.273. The first kappa shape index (κ1) is 10.6. The largest absolute Gasteiger partial charge is 0.545 e. The lowest BCUT2D eigenvalue weighted by atomic mass is 9.92. The van der Waals surface area contributed by atoms with E-state index in [1.807, 2.05) is 0 Å². The molecule has 0 aliphatic heterocycles. The van der Waals surface area contributed by atoms with Crippen molar-refractivity contribution in [3.8, 4) is 0 Å². The van der Waals surface area contributed by atoms with Gasteiger partial charge in [-0.25, -0.2) is 0 Å². The van der Waals surface area contributed by atoms with Crippen molar-refractivity contribution < 1.29 is 25.5 Å². The molecular formula is C11H10NO4-. The van der Waals surface area contributed by atoms with Gasteiger partial charge >= 0.3 is 0 Å². The molecule has 0 heterocycles. The molecule has 0 unspecified atom stereocenters. The van der Waals surface area contributed by atoms with Crippen molar-refractivity contribution in [1.29, 1.82) is 0 Å². The van der Waals surface area contributed by atoms with Crippen LogP contribution >= 0.6 is 0 Å². The van der Waals surface area contributed by atoms with E-state index in [1.165, 1.54) is 18.2 Å². The summed E-state index contributed by atoms with van der Waals surface area (Å²) in [6.07, 6.45) is 0.828. The number of quaternary nitrogens is 1. The van der Waals surface area contributed by atoms with E-state index in [4.69, 9.17) is 0 Å². The maximum atomic E-state index is 11.0. The average molecular weight is 220 g/mol. The second-order valence-electron chi connectivity index (χ2n) is 4.03. The third-order valence-electron chi connectivity index (χ3n) is 3.07. The van der Waals surface area contributed by atoms with Crippen molar-refractivity contribution in [2.75, 3.05) is 0 Å². The highest BCUT2D eigenvalue weighted by atomic mass is 16.4. The number of benzene rings is 1. The molecule has 3 N–H and O–H groups in total. The third kappa shape index (κ3) is 1.37. The normalized spacial score (nSPS) is 22.8. The van der Waals surface area contributed by atoms with E-state index in [-0.39, 0.29) is 5.56 Å². The highest BCUT2D eigenvalue weighted by Crippen LogP contribution is 2.33. The minimum Gasteiger partial charge on any atom is -0.545 e. The van der Waals surface area contributed by atoms with Gasteiger partial charge in [-0.15, -0.1) is 0 Å². The minimum atomic E-state index is -1.27. The Labute approximate surface area is 91.5 Å². The van der Waals surface area contributed by atoms with E-state index in [1.54, 1.807) is 0 Å². The van der Waals surface area contributed by atoms with Crippen LogP contribution in [0.3, 0.4) is 0 Å². The molecule has 1 aliphatic carbocycles. The van der Waals surface area contributed by atoms with Crippen molar-refractivity contribution in [3.63, 3.8) is 0 Å². The molecule has 1 atom stereocenters. The summed E-state index contributed by atoms with van der Waals surface area (Å²) in [5, 5.41) is 21.6. The number of aryl methyl sites for hydroxylation is 1. The van der Waals surface area contributed by atoms with Crippen LogP contribution in [0.15, 0.2) is 18.2 Å². The van der Waals surface area contributed by atoms with E-state index >= 15 is 0 Å². The molecule has 1 aromatic carbocycles. The van der Waals surface area contributed by atoms with Gasteiger partial charge in [-0.2, -0.15) is 0 Å². The molecule has 2 rings (SSSR count). The lowest BCUT2D eigenvalue weighted by Crippen LogP contribution is -2.75. The highest BCUT2D eigenvalue weighted by Gasteiger charge is 2.40. The van der Waals surface area contributed by atoms with Crippen molar-refractivity contribution in [2.24, 2.45) is 0 Å². The first-order chi connectivity index (χ1) is 7.45. The number of aliphatic carboxylic acids is 1. The molecule has 16 heavy (non-hydrogen) atoms. The zero-order chi connectivity index (χ0) is 11.9. The van der Waals surface area contributed by atoms with Crippen molar-refractivity contribution in [2.45, 2.75) is 18.4 Å². The van der Waals surface area contributed by atoms with Gasteiger partial charge in [0.1, 0.15) is 5.97 Å². The number of fused-ring (bicyclic) bond motifs is 1. The summed E-state index contributed by atoms with van der Waals surface area (Å²) in [5.74, 6) is -2.50. The molecule has 5 heteroatoms. The number of carbonyl (C=O) groups excluding carboxylic acids is 2. The molecule has 0 spiro atoms. The van der Waals surface area contributed by atoms with Crippen LogP contribution in [0.5, 0.6) is 0 Å². The topological polar surface area (TPSA) is 108 Å². The molecule has 0 saturated carbocycles. The standard InChI is InChI=1S/C11H11NO4/c12-11(10(15)16)4-3-6-5-7(9(13)14)1-2-8(6)11/h1-2,5H,3-4,12H2,(H,13,14)(H,15,16)/p-1/t11-/m1/s1. The van der Waals surface area contributed by atoms with E-state index in [9.17, 15) is 19.8 Å². The van der Waals surface area contributed by atoms with E-state index in [0.29, 0.717) is 24.0 Å². The Kier molecular flexibility index (Phi) is 2.20. The minimum absolute atomic E-state index is 0.0568. The second-order valence-corrected chi connectivity index (χ2v) is 4.03.